The molecule has 2 heterocycles. The number of carbonyl (C=O) groups excluding carboxylic acids is 1. The Morgan fingerprint density at radius 3 is 2.35 bits per heavy atom. The number of aromatic nitrogens is 1. The second-order valence-electron chi connectivity index (χ2n) is 6.76. The van der Waals surface area contributed by atoms with Crippen molar-refractivity contribution in [1.82, 2.24) is 9.88 Å². The first-order chi connectivity index (χ1) is 12.8. The first-order valence-corrected chi connectivity index (χ1v) is 10.00. The summed E-state index contributed by atoms with van der Waals surface area (Å²) in [6.45, 7) is 1.62. The van der Waals surface area contributed by atoms with E-state index in [-0.39, 0.29) is 5.91 Å². The number of amides is 1. The molecular formula is C22H22N2OS. The SMILES string of the molecule is O=C(c1ccccc1)N1CCC(c2csc(Cc3ccccc3)n2)CC1. The van der Waals surface area contributed by atoms with Crippen LogP contribution in [-0.2, 0) is 6.42 Å². The lowest BCUT2D eigenvalue weighted by Crippen LogP contribution is -2.37. The van der Waals surface area contributed by atoms with Crippen molar-refractivity contribution in [3.8, 4) is 0 Å². The minimum atomic E-state index is 0.145. The number of carbonyl (C=O) groups is 1. The van der Waals surface area contributed by atoms with Gasteiger partial charge in [0.15, 0.2) is 0 Å². The van der Waals surface area contributed by atoms with Crippen molar-refractivity contribution in [3.63, 3.8) is 0 Å². The normalized spacial score (nSPS) is 15.2. The van der Waals surface area contributed by atoms with E-state index >= 15 is 0 Å². The molecule has 0 N–H and O–H groups in total. The molecule has 26 heavy (non-hydrogen) atoms. The van der Waals surface area contributed by atoms with E-state index in [4.69, 9.17) is 4.98 Å². The van der Waals surface area contributed by atoms with Gasteiger partial charge in [0.2, 0.25) is 0 Å². The highest BCUT2D eigenvalue weighted by Gasteiger charge is 2.25. The molecule has 0 bridgehead atoms. The highest BCUT2D eigenvalue weighted by molar-refractivity contribution is 7.09. The number of rotatable bonds is 4. The van der Waals surface area contributed by atoms with Crippen LogP contribution in [0, 0.1) is 0 Å². The van der Waals surface area contributed by atoms with Gasteiger partial charge in [0.1, 0.15) is 0 Å². The van der Waals surface area contributed by atoms with Gasteiger partial charge in [0.25, 0.3) is 5.91 Å². The molecule has 1 aromatic heterocycles. The highest BCUT2D eigenvalue weighted by atomic mass is 32.1. The van der Waals surface area contributed by atoms with Gasteiger partial charge in [-0.3, -0.25) is 4.79 Å². The minimum Gasteiger partial charge on any atom is -0.339 e. The molecule has 0 radical (unpaired) electrons. The maximum atomic E-state index is 12.6. The van der Waals surface area contributed by atoms with Crippen molar-refractivity contribution in [3.05, 3.63) is 87.9 Å². The van der Waals surface area contributed by atoms with Gasteiger partial charge in [0, 0.05) is 36.4 Å². The number of likely N-dealkylation sites (tertiary alicyclic amines) is 1. The number of nitrogens with zero attached hydrogens (tertiary/aromatic N) is 2. The van der Waals surface area contributed by atoms with Crippen LogP contribution in [-0.4, -0.2) is 28.9 Å². The molecule has 3 aromatic rings. The van der Waals surface area contributed by atoms with Gasteiger partial charge in [-0.1, -0.05) is 48.5 Å². The molecule has 0 atom stereocenters. The minimum absolute atomic E-state index is 0.145. The van der Waals surface area contributed by atoms with Crippen molar-refractivity contribution in [1.29, 1.82) is 0 Å². The maximum absolute atomic E-state index is 12.6. The van der Waals surface area contributed by atoms with Crippen LogP contribution < -0.4 is 0 Å². The largest absolute Gasteiger partial charge is 0.339 e. The summed E-state index contributed by atoms with van der Waals surface area (Å²) < 4.78 is 0. The Kier molecular flexibility index (Phi) is 5.12. The van der Waals surface area contributed by atoms with Gasteiger partial charge >= 0.3 is 0 Å². The van der Waals surface area contributed by atoms with Crippen LogP contribution in [0.1, 0.15) is 45.4 Å². The third-order valence-electron chi connectivity index (χ3n) is 4.99. The van der Waals surface area contributed by atoms with Crippen molar-refractivity contribution in [2.75, 3.05) is 13.1 Å². The smallest absolute Gasteiger partial charge is 0.253 e. The van der Waals surface area contributed by atoms with E-state index in [1.54, 1.807) is 11.3 Å². The van der Waals surface area contributed by atoms with Crippen LogP contribution in [0.5, 0.6) is 0 Å². The van der Waals surface area contributed by atoms with Gasteiger partial charge in [-0.2, -0.15) is 0 Å². The van der Waals surface area contributed by atoms with E-state index in [0.29, 0.717) is 5.92 Å². The average molecular weight is 362 g/mol. The Labute approximate surface area is 158 Å². The molecule has 1 aliphatic rings. The standard InChI is InChI=1S/C22H22N2OS/c25-22(19-9-5-2-6-10-19)24-13-11-18(12-14-24)20-16-26-21(23-20)15-17-7-3-1-4-8-17/h1-10,16,18H,11-15H2. The molecule has 0 aliphatic carbocycles. The van der Waals surface area contributed by atoms with E-state index in [9.17, 15) is 4.79 Å². The van der Waals surface area contributed by atoms with Crippen LogP contribution in [0.25, 0.3) is 0 Å². The average Bonchev–Trinajstić information content (AvgIpc) is 3.17. The quantitative estimate of drug-likeness (QED) is 0.671. The molecule has 3 nitrogen and oxygen atoms in total. The summed E-state index contributed by atoms with van der Waals surface area (Å²) in [6, 6.07) is 20.1. The second kappa shape index (κ2) is 7.83. The van der Waals surface area contributed by atoms with Gasteiger partial charge in [0.05, 0.1) is 10.7 Å². The summed E-state index contributed by atoms with van der Waals surface area (Å²) in [5, 5.41) is 3.38. The van der Waals surface area contributed by atoms with Gasteiger partial charge in [-0.05, 0) is 30.5 Å². The zero-order valence-corrected chi connectivity index (χ0v) is 15.5. The fraction of sp³-hybridized carbons (Fsp3) is 0.273. The van der Waals surface area contributed by atoms with Crippen LogP contribution in [0.15, 0.2) is 66.0 Å². The number of hydrogen-bond acceptors (Lipinski definition) is 3. The zero-order chi connectivity index (χ0) is 17.8. The maximum Gasteiger partial charge on any atom is 0.253 e. The van der Waals surface area contributed by atoms with Crippen LogP contribution in [0.4, 0.5) is 0 Å². The van der Waals surface area contributed by atoms with E-state index in [1.807, 2.05) is 41.3 Å². The molecule has 1 aliphatic heterocycles. The molecule has 4 heteroatoms. The van der Waals surface area contributed by atoms with E-state index < -0.39 is 0 Å². The Hall–Kier alpha value is -2.46. The fourth-order valence-corrected chi connectivity index (χ4v) is 4.42. The summed E-state index contributed by atoms with van der Waals surface area (Å²) in [5.74, 6) is 0.614. The number of piperidine rings is 1. The summed E-state index contributed by atoms with van der Waals surface area (Å²) in [7, 11) is 0. The van der Waals surface area contributed by atoms with Crippen LogP contribution in [0.3, 0.4) is 0 Å². The summed E-state index contributed by atoms with van der Waals surface area (Å²) >= 11 is 1.75. The van der Waals surface area contributed by atoms with Crippen molar-refractivity contribution in [2.24, 2.45) is 0 Å². The molecule has 0 unspecified atom stereocenters. The molecule has 0 spiro atoms. The first-order valence-electron chi connectivity index (χ1n) is 9.12. The third kappa shape index (κ3) is 3.86. The summed E-state index contributed by atoms with van der Waals surface area (Å²) in [4.78, 5) is 19.4. The molecule has 1 amide bonds. The van der Waals surface area contributed by atoms with Crippen LogP contribution >= 0.6 is 11.3 Å². The Balaban J connectivity index is 1.36. The van der Waals surface area contributed by atoms with Crippen molar-refractivity contribution < 1.29 is 4.79 Å². The lowest BCUT2D eigenvalue weighted by atomic mass is 9.94. The third-order valence-corrected chi connectivity index (χ3v) is 5.86. The molecule has 1 fully saturated rings. The van der Waals surface area contributed by atoms with E-state index in [2.05, 4.69) is 29.6 Å². The van der Waals surface area contributed by atoms with Gasteiger partial charge in [-0.25, -0.2) is 4.98 Å². The lowest BCUT2D eigenvalue weighted by Gasteiger charge is -2.31. The molecule has 1 saturated heterocycles. The lowest BCUT2D eigenvalue weighted by molar-refractivity contribution is 0.0712. The first kappa shape index (κ1) is 17.0. The summed E-state index contributed by atoms with van der Waals surface area (Å²) in [5.41, 5.74) is 3.29. The number of benzene rings is 2. The number of hydrogen-bond donors (Lipinski definition) is 0. The van der Waals surface area contributed by atoms with Crippen LogP contribution in [0.2, 0.25) is 0 Å². The predicted octanol–water partition coefficient (Wildman–Crippen LogP) is 4.75. The highest BCUT2D eigenvalue weighted by Crippen LogP contribution is 2.30. The molecule has 0 saturated carbocycles. The monoisotopic (exact) mass is 362 g/mol. The fourth-order valence-electron chi connectivity index (χ4n) is 3.51. The van der Waals surface area contributed by atoms with E-state index in [0.717, 1.165) is 37.9 Å². The number of thiazole rings is 1. The van der Waals surface area contributed by atoms with E-state index in [1.165, 1.54) is 16.3 Å². The Morgan fingerprint density at radius 1 is 1.00 bits per heavy atom. The van der Waals surface area contributed by atoms with Gasteiger partial charge in [-0.15, -0.1) is 11.3 Å². The van der Waals surface area contributed by atoms with Gasteiger partial charge < -0.3 is 4.90 Å². The molecular weight excluding hydrogens is 340 g/mol. The topological polar surface area (TPSA) is 33.2 Å². The zero-order valence-electron chi connectivity index (χ0n) is 14.7. The second-order valence-corrected chi connectivity index (χ2v) is 7.70. The Morgan fingerprint density at radius 2 is 1.65 bits per heavy atom. The predicted molar refractivity (Wildman–Crippen MR) is 106 cm³/mol. The molecule has 2 aromatic carbocycles. The molecule has 4 rings (SSSR count). The Bertz CT molecular complexity index is 852. The summed E-state index contributed by atoms with van der Waals surface area (Å²) in [6.07, 6.45) is 2.89. The van der Waals surface area contributed by atoms with Crippen molar-refractivity contribution >= 4 is 17.2 Å². The molecule has 132 valence electrons. The van der Waals surface area contributed by atoms with Crippen molar-refractivity contribution in [2.45, 2.75) is 25.2 Å².